The molecule has 0 unspecified atom stereocenters. The van der Waals surface area contributed by atoms with Crippen LogP contribution in [-0.2, 0) is 17.9 Å². The lowest BCUT2D eigenvalue weighted by molar-refractivity contribution is 0.185. The number of hydrogen-bond donors (Lipinski definition) is 2. The summed E-state index contributed by atoms with van der Waals surface area (Å²) in [5, 5.41) is 5.44. The molecule has 0 atom stereocenters. The van der Waals surface area contributed by atoms with Gasteiger partial charge in [-0.1, -0.05) is 30.3 Å². The summed E-state index contributed by atoms with van der Waals surface area (Å²) in [6, 6.07) is 13.2. The number of para-hydroxylation sites is 1. The van der Waals surface area contributed by atoms with Crippen LogP contribution >= 0.6 is 0 Å². The van der Waals surface area contributed by atoms with Crippen molar-refractivity contribution < 1.29 is 13.9 Å². The first-order chi connectivity index (χ1) is 10.2. The van der Waals surface area contributed by atoms with E-state index in [0.29, 0.717) is 17.9 Å². The maximum atomic E-state index is 13.0. The van der Waals surface area contributed by atoms with Gasteiger partial charge >= 0.3 is 6.03 Å². The Balaban J connectivity index is 1.93. The van der Waals surface area contributed by atoms with E-state index in [1.807, 2.05) is 18.2 Å². The number of rotatable bonds is 5. The fourth-order valence-corrected chi connectivity index (χ4v) is 1.92. The molecule has 0 aliphatic carbocycles. The van der Waals surface area contributed by atoms with E-state index < -0.39 is 0 Å². The molecular weight excluding hydrogens is 271 g/mol. The molecule has 0 radical (unpaired) electrons. The summed E-state index contributed by atoms with van der Waals surface area (Å²) in [6.45, 7) is 0.677. The highest BCUT2D eigenvalue weighted by Gasteiger charge is 2.06. The molecule has 110 valence electrons. The third kappa shape index (κ3) is 4.57. The first kappa shape index (κ1) is 15.0. The topological polar surface area (TPSA) is 50.4 Å². The van der Waals surface area contributed by atoms with Crippen molar-refractivity contribution in [3.63, 3.8) is 0 Å². The molecule has 2 N–H and O–H groups in total. The van der Waals surface area contributed by atoms with Crippen molar-refractivity contribution in [2.24, 2.45) is 0 Å². The highest BCUT2D eigenvalue weighted by atomic mass is 19.1. The minimum atomic E-state index is -0.345. The lowest BCUT2D eigenvalue weighted by atomic mass is 10.2. The van der Waals surface area contributed by atoms with Gasteiger partial charge in [0.1, 0.15) is 5.82 Å². The number of ether oxygens (including phenoxy) is 1. The molecule has 0 spiro atoms. The van der Waals surface area contributed by atoms with E-state index in [1.54, 1.807) is 25.3 Å². The summed E-state index contributed by atoms with van der Waals surface area (Å²) in [6.07, 6.45) is 0. The van der Waals surface area contributed by atoms with Gasteiger partial charge < -0.3 is 15.4 Å². The third-order valence-electron chi connectivity index (χ3n) is 2.91. The Kier molecular flexibility index (Phi) is 5.29. The van der Waals surface area contributed by atoms with Crippen LogP contribution in [0, 0.1) is 5.82 Å². The third-order valence-corrected chi connectivity index (χ3v) is 2.91. The molecule has 2 aromatic carbocycles. The van der Waals surface area contributed by atoms with Crippen LogP contribution in [0.3, 0.4) is 0 Å². The summed E-state index contributed by atoms with van der Waals surface area (Å²) in [5.41, 5.74) is 2.28. The van der Waals surface area contributed by atoms with Gasteiger partial charge in [0.05, 0.1) is 6.61 Å². The van der Waals surface area contributed by atoms with Gasteiger partial charge in [0, 0.05) is 24.9 Å². The predicted molar refractivity (Wildman–Crippen MR) is 79.4 cm³/mol. The average Bonchev–Trinajstić information content (AvgIpc) is 2.48. The minimum absolute atomic E-state index is 0.260. The Morgan fingerprint density at radius 3 is 2.76 bits per heavy atom. The van der Waals surface area contributed by atoms with Gasteiger partial charge in [-0.25, -0.2) is 9.18 Å². The summed E-state index contributed by atoms with van der Waals surface area (Å²) < 4.78 is 18.1. The lowest BCUT2D eigenvalue weighted by Gasteiger charge is -2.11. The fourth-order valence-electron chi connectivity index (χ4n) is 1.92. The van der Waals surface area contributed by atoms with Crippen molar-refractivity contribution in [2.75, 3.05) is 12.4 Å². The van der Waals surface area contributed by atoms with Crippen LogP contribution in [0.5, 0.6) is 0 Å². The number of carbonyl (C=O) groups excluding carboxylic acids is 1. The monoisotopic (exact) mass is 288 g/mol. The van der Waals surface area contributed by atoms with Crippen molar-refractivity contribution >= 4 is 11.7 Å². The Morgan fingerprint density at radius 2 is 2.00 bits per heavy atom. The first-order valence-corrected chi connectivity index (χ1v) is 6.55. The van der Waals surface area contributed by atoms with Gasteiger partial charge in [-0.2, -0.15) is 0 Å². The smallest absolute Gasteiger partial charge is 0.319 e. The quantitative estimate of drug-likeness (QED) is 0.887. The molecule has 21 heavy (non-hydrogen) atoms. The van der Waals surface area contributed by atoms with Crippen LogP contribution in [0.15, 0.2) is 48.5 Å². The number of benzene rings is 2. The minimum Gasteiger partial charge on any atom is -0.380 e. The van der Waals surface area contributed by atoms with E-state index in [0.717, 1.165) is 5.56 Å². The van der Waals surface area contributed by atoms with Gasteiger partial charge in [0.2, 0.25) is 0 Å². The van der Waals surface area contributed by atoms with Crippen LogP contribution in [0.4, 0.5) is 14.9 Å². The molecule has 0 fully saturated rings. The molecule has 0 aliphatic rings. The second-order valence-corrected chi connectivity index (χ2v) is 4.53. The van der Waals surface area contributed by atoms with Crippen molar-refractivity contribution in [3.8, 4) is 0 Å². The second kappa shape index (κ2) is 7.40. The summed E-state index contributed by atoms with van der Waals surface area (Å²) >= 11 is 0. The standard InChI is InChI=1S/C16H17FN2O2/c1-21-11-13-6-2-3-8-15(13)19-16(20)18-10-12-5-4-7-14(17)9-12/h2-9H,10-11H2,1H3,(H2,18,19,20). The number of nitrogens with one attached hydrogen (secondary N) is 2. The molecule has 0 aliphatic heterocycles. The van der Waals surface area contributed by atoms with Crippen LogP contribution in [0.1, 0.15) is 11.1 Å². The van der Waals surface area contributed by atoms with E-state index >= 15 is 0 Å². The molecule has 5 heteroatoms. The second-order valence-electron chi connectivity index (χ2n) is 4.53. The highest BCUT2D eigenvalue weighted by molar-refractivity contribution is 5.90. The van der Waals surface area contributed by atoms with Crippen LogP contribution in [-0.4, -0.2) is 13.1 Å². The molecule has 2 aromatic rings. The van der Waals surface area contributed by atoms with E-state index in [4.69, 9.17) is 4.74 Å². The van der Waals surface area contributed by atoms with Gasteiger partial charge in [-0.15, -0.1) is 0 Å². The molecule has 4 nitrogen and oxygen atoms in total. The summed E-state index contributed by atoms with van der Waals surface area (Å²) in [4.78, 5) is 11.9. The van der Waals surface area contributed by atoms with E-state index in [9.17, 15) is 9.18 Å². The van der Waals surface area contributed by atoms with Crippen LogP contribution in [0.2, 0.25) is 0 Å². The molecule has 2 rings (SSSR count). The average molecular weight is 288 g/mol. The molecule has 0 saturated carbocycles. The van der Waals surface area contributed by atoms with Crippen molar-refractivity contribution in [1.82, 2.24) is 5.32 Å². The lowest BCUT2D eigenvalue weighted by Crippen LogP contribution is -2.28. The number of hydrogen-bond acceptors (Lipinski definition) is 2. The van der Waals surface area contributed by atoms with Gasteiger partial charge in [-0.3, -0.25) is 0 Å². The molecule has 2 amide bonds. The molecule has 0 saturated heterocycles. The molecular formula is C16H17FN2O2. The SMILES string of the molecule is COCc1ccccc1NC(=O)NCc1cccc(F)c1. The number of halogens is 1. The number of amides is 2. The van der Waals surface area contributed by atoms with Gasteiger partial charge in [0.25, 0.3) is 0 Å². The maximum Gasteiger partial charge on any atom is 0.319 e. The van der Waals surface area contributed by atoms with Crippen LogP contribution < -0.4 is 10.6 Å². The zero-order valence-electron chi connectivity index (χ0n) is 11.7. The zero-order chi connectivity index (χ0) is 15.1. The van der Waals surface area contributed by atoms with Crippen molar-refractivity contribution in [1.29, 1.82) is 0 Å². The van der Waals surface area contributed by atoms with Gasteiger partial charge in [-0.05, 0) is 23.8 Å². The Morgan fingerprint density at radius 1 is 1.19 bits per heavy atom. The number of urea groups is 1. The Labute approximate surface area is 122 Å². The zero-order valence-corrected chi connectivity index (χ0v) is 11.7. The maximum absolute atomic E-state index is 13.0. The molecule has 0 aromatic heterocycles. The van der Waals surface area contributed by atoms with E-state index in [1.165, 1.54) is 12.1 Å². The number of carbonyl (C=O) groups is 1. The number of methoxy groups -OCH3 is 1. The Bertz CT molecular complexity index is 617. The van der Waals surface area contributed by atoms with E-state index in [2.05, 4.69) is 10.6 Å². The van der Waals surface area contributed by atoms with Crippen molar-refractivity contribution in [2.45, 2.75) is 13.2 Å². The molecule has 0 bridgehead atoms. The Hall–Kier alpha value is -2.40. The van der Waals surface area contributed by atoms with E-state index in [-0.39, 0.29) is 18.4 Å². The largest absolute Gasteiger partial charge is 0.380 e. The number of anilines is 1. The molecule has 0 heterocycles. The van der Waals surface area contributed by atoms with Crippen LogP contribution in [0.25, 0.3) is 0 Å². The summed E-state index contributed by atoms with van der Waals surface area (Å²) in [5.74, 6) is -0.319. The highest BCUT2D eigenvalue weighted by Crippen LogP contribution is 2.15. The van der Waals surface area contributed by atoms with Gasteiger partial charge in [0.15, 0.2) is 0 Å². The predicted octanol–water partition coefficient (Wildman–Crippen LogP) is 3.29. The normalized spacial score (nSPS) is 10.2. The summed E-state index contributed by atoms with van der Waals surface area (Å²) in [7, 11) is 1.60. The van der Waals surface area contributed by atoms with Crippen molar-refractivity contribution in [3.05, 3.63) is 65.5 Å². The first-order valence-electron chi connectivity index (χ1n) is 6.55. The fraction of sp³-hybridized carbons (Fsp3) is 0.188.